The first-order valence-corrected chi connectivity index (χ1v) is 7.35. The van der Waals surface area contributed by atoms with E-state index in [2.05, 4.69) is 4.98 Å². The van der Waals surface area contributed by atoms with Crippen LogP contribution in [0.5, 0.6) is 0 Å². The fraction of sp³-hybridized carbons (Fsp3) is 0. The largest absolute Gasteiger partial charge is 0.354 e. The highest BCUT2D eigenvalue weighted by molar-refractivity contribution is 6.14. The van der Waals surface area contributed by atoms with Gasteiger partial charge in [-0.3, -0.25) is 9.59 Å². The highest BCUT2D eigenvalue weighted by Crippen LogP contribution is 2.34. The Morgan fingerprint density at radius 2 is 1.48 bits per heavy atom. The van der Waals surface area contributed by atoms with Crippen molar-refractivity contribution in [2.75, 3.05) is 0 Å². The topological polar surface area (TPSA) is 49.9 Å². The van der Waals surface area contributed by atoms with Crippen molar-refractivity contribution in [3.63, 3.8) is 0 Å². The number of aromatic amines is 1. The molecular weight excluding hydrogens is 286 g/mol. The van der Waals surface area contributed by atoms with Crippen LogP contribution in [0.15, 0.2) is 60.7 Å². The molecule has 0 fully saturated rings. The summed E-state index contributed by atoms with van der Waals surface area (Å²) in [7, 11) is 0. The number of carbonyl (C=O) groups is 2. The Morgan fingerprint density at radius 1 is 0.739 bits per heavy atom. The van der Waals surface area contributed by atoms with Crippen molar-refractivity contribution >= 4 is 34.4 Å². The third-order valence-corrected chi connectivity index (χ3v) is 4.11. The van der Waals surface area contributed by atoms with E-state index in [0.717, 1.165) is 45.5 Å². The Morgan fingerprint density at radius 3 is 2.22 bits per heavy atom. The number of hydrogen-bond acceptors (Lipinski definition) is 2. The average molecular weight is 299 g/mol. The minimum absolute atomic E-state index is 0.619. The van der Waals surface area contributed by atoms with E-state index in [4.69, 9.17) is 0 Å². The van der Waals surface area contributed by atoms with E-state index < -0.39 is 0 Å². The van der Waals surface area contributed by atoms with E-state index in [9.17, 15) is 9.59 Å². The van der Waals surface area contributed by atoms with Gasteiger partial charge in [-0.25, -0.2) is 0 Å². The smallest absolute Gasteiger partial charge is 0.150 e. The van der Waals surface area contributed by atoms with Gasteiger partial charge in [0.1, 0.15) is 12.6 Å². The molecule has 0 unspecified atom stereocenters. The number of nitrogens with one attached hydrogen (secondary N) is 1. The van der Waals surface area contributed by atoms with Gasteiger partial charge in [0.15, 0.2) is 0 Å². The molecule has 0 aliphatic carbocycles. The van der Waals surface area contributed by atoms with E-state index in [1.807, 2.05) is 54.6 Å². The molecule has 0 aliphatic rings. The predicted octanol–water partition coefficient (Wildman–Crippen LogP) is 4.61. The van der Waals surface area contributed by atoms with Crippen molar-refractivity contribution < 1.29 is 9.59 Å². The highest BCUT2D eigenvalue weighted by atomic mass is 16.1. The number of aldehydes is 2. The van der Waals surface area contributed by atoms with Crippen LogP contribution in [0.1, 0.15) is 20.7 Å². The molecule has 23 heavy (non-hydrogen) atoms. The van der Waals surface area contributed by atoms with E-state index in [0.29, 0.717) is 11.1 Å². The van der Waals surface area contributed by atoms with Crippen LogP contribution in [0.4, 0.5) is 0 Å². The van der Waals surface area contributed by atoms with Crippen molar-refractivity contribution in [3.8, 4) is 11.1 Å². The van der Waals surface area contributed by atoms with Crippen LogP contribution >= 0.6 is 0 Å². The lowest BCUT2D eigenvalue weighted by Gasteiger charge is -2.05. The Labute approximate surface area is 132 Å². The fourth-order valence-corrected chi connectivity index (χ4v) is 3.03. The van der Waals surface area contributed by atoms with E-state index in [1.165, 1.54) is 0 Å². The lowest BCUT2D eigenvalue weighted by Crippen LogP contribution is -1.85. The zero-order valence-corrected chi connectivity index (χ0v) is 12.2. The summed E-state index contributed by atoms with van der Waals surface area (Å²) < 4.78 is 0. The second-order valence-corrected chi connectivity index (χ2v) is 5.52. The first kappa shape index (κ1) is 13.5. The molecule has 0 atom stereocenters. The van der Waals surface area contributed by atoms with Gasteiger partial charge in [-0.2, -0.15) is 0 Å². The molecule has 1 aromatic heterocycles. The molecule has 4 aromatic rings. The number of carbonyl (C=O) groups excluding carboxylic acids is 2. The van der Waals surface area contributed by atoms with Gasteiger partial charge in [0, 0.05) is 33.0 Å². The highest BCUT2D eigenvalue weighted by Gasteiger charge is 2.12. The Bertz CT molecular complexity index is 1050. The Balaban J connectivity index is 2.14. The van der Waals surface area contributed by atoms with Crippen LogP contribution in [0, 0.1) is 0 Å². The van der Waals surface area contributed by atoms with Crippen molar-refractivity contribution in [2.45, 2.75) is 0 Å². The van der Waals surface area contributed by atoms with Crippen LogP contribution in [0.3, 0.4) is 0 Å². The van der Waals surface area contributed by atoms with E-state index in [1.54, 1.807) is 6.07 Å². The minimum Gasteiger partial charge on any atom is -0.354 e. The molecule has 0 saturated carbocycles. The van der Waals surface area contributed by atoms with Gasteiger partial charge < -0.3 is 4.98 Å². The lowest BCUT2D eigenvalue weighted by molar-refractivity contribution is 0.111. The van der Waals surface area contributed by atoms with Crippen molar-refractivity contribution in [2.24, 2.45) is 0 Å². The molecule has 3 heteroatoms. The lowest BCUT2D eigenvalue weighted by atomic mass is 9.99. The molecule has 3 nitrogen and oxygen atoms in total. The van der Waals surface area contributed by atoms with Crippen LogP contribution in [-0.4, -0.2) is 17.6 Å². The molecule has 0 amide bonds. The summed E-state index contributed by atoms with van der Waals surface area (Å²) in [5.41, 5.74) is 5.19. The summed E-state index contributed by atoms with van der Waals surface area (Å²) in [6, 6.07) is 19.2. The number of H-pyrrole nitrogens is 1. The summed E-state index contributed by atoms with van der Waals surface area (Å²) in [5.74, 6) is 0. The molecular formula is C20H13NO2. The first-order chi connectivity index (χ1) is 11.3. The van der Waals surface area contributed by atoms with Crippen LogP contribution < -0.4 is 0 Å². The van der Waals surface area contributed by atoms with Gasteiger partial charge in [-0.1, -0.05) is 30.3 Å². The number of aromatic nitrogens is 1. The third kappa shape index (κ3) is 2.14. The zero-order valence-electron chi connectivity index (χ0n) is 12.2. The maximum Gasteiger partial charge on any atom is 0.150 e. The van der Waals surface area contributed by atoms with Crippen molar-refractivity contribution in [3.05, 3.63) is 71.8 Å². The normalized spacial score (nSPS) is 11.0. The molecule has 0 spiro atoms. The van der Waals surface area contributed by atoms with E-state index >= 15 is 0 Å². The molecule has 0 bridgehead atoms. The van der Waals surface area contributed by atoms with E-state index in [-0.39, 0.29) is 0 Å². The van der Waals surface area contributed by atoms with Crippen molar-refractivity contribution in [1.82, 2.24) is 4.98 Å². The Hall–Kier alpha value is -3.20. The van der Waals surface area contributed by atoms with Gasteiger partial charge in [0.25, 0.3) is 0 Å². The summed E-state index contributed by atoms with van der Waals surface area (Å²) in [5, 5.41) is 1.90. The molecule has 0 aliphatic heterocycles. The summed E-state index contributed by atoms with van der Waals surface area (Å²) in [6.07, 6.45) is 1.69. The quantitative estimate of drug-likeness (QED) is 0.561. The van der Waals surface area contributed by atoms with Crippen molar-refractivity contribution in [1.29, 1.82) is 0 Å². The second-order valence-electron chi connectivity index (χ2n) is 5.52. The summed E-state index contributed by atoms with van der Waals surface area (Å²) in [4.78, 5) is 25.8. The fourth-order valence-electron chi connectivity index (χ4n) is 3.03. The maximum atomic E-state index is 11.3. The molecule has 1 N–H and O–H groups in total. The standard InChI is InChI=1S/C20H13NO2/c22-11-13-6-7-19-17(8-13)18-10-14(12-23)9-16(20(18)21-19)15-4-2-1-3-5-15/h1-12,21H. The van der Waals surface area contributed by atoms with Crippen LogP contribution in [-0.2, 0) is 0 Å². The molecule has 0 saturated heterocycles. The number of fused-ring (bicyclic) bond motifs is 3. The molecule has 0 radical (unpaired) electrons. The Kier molecular flexibility index (Phi) is 3.05. The third-order valence-electron chi connectivity index (χ3n) is 4.11. The molecule has 3 aromatic carbocycles. The summed E-state index contributed by atoms with van der Waals surface area (Å²) in [6.45, 7) is 0. The van der Waals surface area contributed by atoms with Gasteiger partial charge in [0.05, 0.1) is 5.52 Å². The number of benzene rings is 3. The molecule has 1 heterocycles. The SMILES string of the molecule is O=Cc1ccc2[nH]c3c(-c4ccccc4)cc(C=O)cc3c2c1. The maximum absolute atomic E-state index is 11.3. The molecule has 110 valence electrons. The molecule has 4 rings (SSSR count). The monoisotopic (exact) mass is 299 g/mol. The number of rotatable bonds is 3. The first-order valence-electron chi connectivity index (χ1n) is 7.35. The van der Waals surface area contributed by atoms with Gasteiger partial charge in [-0.05, 0) is 35.9 Å². The zero-order chi connectivity index (χ0) is 15.8. The number of hydrogen-bond donors (Lipinski definition) is 1. The predicted molar refractivity (Wildman–Crippen MR) is 92.0 cm³/mol. The van der Waals surface area contributed by atoms with Crippen LogP contribution in [0.25, 0.3) is 32.9 Å². The van der Waals surface area contributed by atoms with Gasteiger partial charge in [0.2, 0.25) is 0 Å². The summed E-state index contributed by atoms with van der Waals surface area (Å²) >= 11 is 0. The average Bonchev–Trinajstić information content (AvgIpc) is 2.99. The van der Waals surface area contributed by atoms with Crippen LogP contribution in [0.2, 0.25) is 0 Å². The van der Waals surface area contributed by atoms with Gasteiger partial charge in [-0.15, -0.1) is 0 Å². The second kappa shape index (κ2) is 5.21. The minimum atomic E-state index is 0.619. The van der Waals surface area contributed by atoms with Gasteiger partial charge >= 0.3 is 0 Å².